The zero-order valence-corrected chi connectivity index (χ0v) is 12.3. The van der Waals surface area contributed by atoms with Crippen LogP contribution in [0.25, 0.3) is 0 Å². The molecule has 0 fully saturated rings. The lowest BCUT2D eigenvalue weighted by Gasteiger charge is -2.20. The Hall–Kier alpha value is -1.23. The molecule has 2 aromatic rings. The molecule has 0 aliphatic rings. The molecule has 0 bridgehead atoms. The smallest absolute Gasteiger partial charge is 0.0897 e. The Balaban J connectivity index is 1.79. The molecule has 2 unspecified atom stereocenters. The minimum absolute atomic E-state index is 0.0749. The molecule has 1 aromatic heterocycles. The quantitative estimate of drug-likeness (QED) is 0.852. The van der Waals surface area contributed by atoms with Crippen LogP contribution in [-0.2, 0) is 6.54 Å². The van der Waals surface area contributed by atoms with Crippen molar-refractivity contribution >= 4 is 11.3 Å². The number of hydrogen-bond donors (Lipinski definition) is 2. The maximum absolute atomic E-state index is 6.27. The molecule has 0 aliphatic carbocycles. The summed E-state index contributed by atoms with van der Waals surface area (Å²) < 4.78 is 0. The highest BCUT2D eigenvalue weighted by molar-refractivity contribution is 7.09. The SMILES string of the molecule is Cc1nc(CNCC(C)C(N)c2ccccc2)cs1. The van der Waals surface area contributed by atoms with Crippen LogP contribution in [-0.4, -0.2) is 11.5 Å². The summed E-state index contributed by atoms with van der Waals surface area (Å²) in [7, 11) is 0. The van der Waals surface area contributed by atoms with Crippen molar-refractivity contribution in [2.75, 3.05) is 6.54 Å². The zero-order valence-electron chi connectivity index (χ0n) is 11.5. The van der Waals surface area contributed by atoms with E-state index in [-0.39, 0.29) is 6.04 Å². The highest BCUT2D eigenvalue weighted by Gasteiger charge is 2.14. The summed E-state index contributed by atoms with van der Waals surface area (Å²) >= 11 is 1.69. The van der Waals surface area contributed by atoms with Gasteiger partial charge < -0.3 is 11.1 Å². The molecule has 0 saturated carbocycles. The van der Waals surface area contributed by atoms with E-state index >= 15 is 0 Å². The highest BCUT2D eigenvalue weighted by atomic mass is 32.1. The molecule has 1 aromatic carbocycles. The molecule has 0 spiro atoms. The maximum Gasteiger partial charge on any atom is 0.0897 e. The van der Waals surface area contributed by atoms with Crippen molar-refractivity contribution in [1.82, 2.24) is 10.3 Å². The number of aryl methyl sites for hydroxylation is 1. The van der Waals surface area contributed by atoms with E-state index in [2.05, 4.69) is 34.7 Å². The Morgan fingerprint density at radius 2 is 2.05 bits per heavy atom. The first-order valence-corrected chi connectivity index (χ1v) is 7.47. The van der Waals surface area contributed by atoms with E-state index < -0.39 is 0 Å². The van der Waals surface area contributed by atoms with E-state index in [0.29, 0.717) is 5.92 Å². The lowest BCUT2D eigenvalue weighted by Crippen LogP contribution is -2.29. The third-order valence-corrected chi connectivity index (χ3v) is 4.06. The summed E-state index contributed by atoms with van der Waals surface area (Å²) in [5.74, 6) is 0.391. The maximum atomic E-state index is 6.27. The molecule has 2 atom stereocenters. The summed E-state index contributed by atoms with van der Waals surface area (Å²) in [5.41, 5.74) is 8.58. The van der Waals surface area contributed by atoms with E-state index in [1.165, 1.54) is 5.56 Å². The minimum Gasteiger partial charge on any atom is -0.324 e. The molecular formula is C15H21N3S. The van der Waals surface area contributed by atoms with Crippen molar-refractivity contribution in [3.63, 3.8) is 0 Å². The second kappa shape index (κ2) is 6.80. The number of thiazole rings is 1. The Morgan fingerprint density at radius 3 is 2.68 bits per heavy atom. The monoisotopic (exact) mass is 275 g/mol. The average Bonchev–Trinajstić information content (AvgIpc) is 2.84. The van der Waals surface area contributed by atoms with Crippen molar-refractivity contribution in [2.24, 2.45) is 11.7 Å². The van der Waals surface area contributed by atoms with Crippen LogP contribution in [0.1, 0.15) is 29.2 Å². The number of nitrogens with zero attached hydrogens (tertiary/aromatic N) is 1. The normalized spacial score (nSPS) is 14.3. The third-order valence-electron chi connectivity index (χ3n) is 3.24. The highest BCUT2D eigenvalue weighted by Crippen LogP contribution is 2.18. The van der Waals surface area contributed by atoms with Crippen LogP contribution < -0.4 is 11.1 Å². The molecule has 3 N–H and O–H groups in total. The van der Waals surface area contributed by atoms with Gasteiger partial charge in [-0.1, -0.05) is 37.3 Å². The number of hydrogen-bond acceptors (Lipinski definition) is 4. The van der Waals surface area contributed by atoms with Crippen LogP contribution in [0.4, 0.5) is 0 Å². The number of nitrogens with two attached hydrogens (primary N) is 1. The molecule has 0 aliphatic heterocycles. The lowest BCUT2D eigenvalue weighted by atomic mass is 9.95. The van der Waals surface area contributed by atoms with Crippen LogP contribution in [0, 0.1) is 12.8 Å². The summed E-state index contributed by atoms with van der Waals surface area (Å²) in [4.78, 5) is 4.44. The fraction of sp³-hybridized carbons (Fsp3) is 0.400. The molecule has 0 amide bonds. The Labute approximate surface area is 118 Å². The van der Waals surface area contributed by atoms with Gasteiger partial charge in [0.1, 0.15) is 0 Å². The molecule has 0 saturated heterocycles. The average molecular weight is 275 g/mol. The number of benzene rings is 1. The first kappa shape index (κ1) is 14.2. The van der Waals surface area contributed by atoms with E-state index in [1.807, 2.05) is 25.1 Å². The Morgan fingerprint density at radius 1 is 1.32 bits per heavy atom. The number of nitrogens with one attached hydrogen (secondary N) is 1. The third kappa shape index (κ3) is 4.13. The second-order valence-electron chi connectivity index (χ2n) is 4.90. The topological polar surface area (TPSA) is 50.9 Å². The van der Waals surface area contributed by atoms with Gasteiger partial charge in [-0.2, -0.15) is 0 Å². The fourth-order valence-corrected chi connectivity index (χ4v) is 2.66. The molecule has 102 valence electrons. The van der Waals surface area contributed by atoms with Crippen molar-refractivity contribution in [1.29, 1.82) is 0 Å². The first-order chi connectivity index (χ1) is 9.16. The van der Waals surface area contributed by atoms with Crippen molar-refractivity contribution in [3.8, 4) is 0 Å². The van der Waals surface area contributed by atoms with Crippen LogP contribution in [0.15, 0.2) is 35.7 Å². The van der Waals surface area contributed by atoms with Crippen LogP contribution in [0.2, 0.25) is 0 Å². The van der Waals surface area contributed by atoms with Gasteiger partial charge in [0.05, 0.1) is 10.7 Å². The van der Waals surface area contributed by atoms with Crippen LogP contribution >= 0.6 is 11.3 Å². The van der Waals surface area contributed by atoms with Gasteiger partial charge in [-0.15, -0.1) is 11.3 Å². The number of rotatable bonds is 6. The predicted molar refractivity (Wildman–Crippen MR) is 81.1 cm³/mol. The van der Waals surface area contributed by atoms with Gasteiger partial charge in [0.2, 0.25) is 0 Å². The summed E-state index contributed by atoms with van der Waals surface area (Å²) in [6, 6.07) is 10.3. The van der Waals surface area contributed by atoms with Crippen LogP contribution in [0.5, 0.6) is 0 Å². The lowest BCUT2D eigenvalue weighted by molar-refractivity contribution is 0.433. The number of aromatic nitrogens is 1. The van der Waals surface area contributed by atoms with E-state index in [1.54, 1.807) is 11.3 Å². The van der Waals surface area contributed by atoms with Gasteiger partial charge in [0.25, 0.3) is 0 Å². The fourth-order valence-electron chi connectivity index (χ4n) is 2.05. The van der Waals surface area contributed by atoms with E-state index in [9.17, 15) is 0 Å². The van der Waals surface area contributed by atoms with Crippen molar-refractivity contribution in [3.05, 3.63) is 52.0 Å². The Kier molecular flexibility index (Phi) is 5.07. The van der Waals surface area contributed by atoms with Gasteiger partial charge >= 0.3 is 0 Å². The molecule has 2 rings (SSSR count). The summed E-state index contributed by atoms with van der Waals surface area (Å²) in [6.45, 7) is 5.92. The standard InChI is InChI=1S/C15H21N3S/c1-11(15(16)13-6-4-3-5-7-13)8-17-9-14-10-19-12(2)18-14/h3-7,10-11,15,17H,8-9,16H2,1-2H3. The van der Waals surface area contributed by atoms with Gasteiger partial charge in [-0.3, -0.25) is 0 Å². The summed E-state index contributed by atoms with van der Waals surface area (Å²) in [6.07, 6.45) is 0. The van der Waals surface area contributed by atoms with Crippen molar-refractivity contribution in [2.45, 2.75) is 26.4 Å². The van der Waals surface area contributed by atoms with Crippen molar-refractivity contribution < 1.29 is 0 Å². The minimum atomic E-state index is 0.0749. The first-order valence-electron chi connectivity index (χ1n) is 6.59. The molecule has 4 heteroatoms. The van der Waals surface area contributed by atoms with Gasteiger partial charge in [0.15, 0.2) is 0 Å². The molecular weight excluding hydrogens is 254 g/mol. The predicted octanol–water partition coefficient (Wildman–Crippen LogP) is 2.88. The Bertz CT molecular complexity index is 495. The second-order valence-corrected chi connectivity index (χ2v) is 5.96. The zero-order chi connectivity index (χ0) is 13.7. The molecule has 0 radical (unpaired) electrons. The largest absolute Gasteiger partial charge is 0.324 e. The van der Waals surface area contributed by atoms with Gasteiger partial charge in [-0.05, 0) is 24.9 Å². The molecule has 1 heterocycles. The molecule has 19 heavy (non-hydrogen) atoms. The molecule has 3 nitrogen and oxygen atoms in total. The van der Waals surface area contributed by atoms with Gasteiger partial charge in [-0.25, -0.2) is 4.98 Å². The van der Waals surface area contributed by atoms with E-state index in [4.69, 9.17) is 5.73 Å². The summed E-state index contributed by atoms with van der Waals surface area (Å²) in [5, 5.41) is 6.65. The van der Waals surface area contributed by atoms with E-state index in [0.717, 1.165) is 23.8 Å². The van der Waals surface area contributed by atoms with Crippen LogP contribution in [0.3, 0.4) is 0 Å². The van der Waals surface area contributed by atoms with Gasteiger partial charge in [0, 0.05) is 18.0 Å².